The van der Waals surface area contributed by atoms with E-state index in [1.54, 1.807) is 24.3 Å². The number of likely N-dealkylation sites (tertiary alicyclic amines) is 2. The summed E-state index contributed by atoms with van der Waals surface area (Å²) in [7, 11) is 3.91. The molecular formula is C36H38F2N6O2. The number of halogens is 2. The molecule has 10 heteroatoms. The van der Waals surface area contributed by atoms with Crippen molar-refractivity contribution in [3.8, 4) is 29.6 Å². The van der Waals surface area contributed by atoms with Crippen LogP contribution in [0.1, 0.15) is 38.7 Å². The maximum absolute atomic E-state index is 16.7. The number of hydrogen-bond acceptors (Lipinski definition) is 7. The van der Waals surface area contributed by atoms with Crippen molar-refractivity contribution in [3.63, 3.8) is 0 Å². The number of pyridine rings is 1. The topological polar surface area (TPSA) is 74.7 Å². The summed E-state index contributed by atoms with van der Waals surface area (Å²) in [6, 6.07) is 8.25. The highest BCUT2D eigenvalue weighted by Crippen LogP contribution is 2.39. The zero-order valence-electron chi connectivity index (χ0n) is 26.7. The first-order valence-electron chi connectivity index (χ1n) is 15.6. The number of likely N-dealkylation sites (N-methyl/N-ethyl adjacent to an activating group) is 2. The summed E-state index contributed by atoms with van der Waals surface area (Å²) < 4.78 is 37.7. The Morgan fingerprint density at radius 1 is 1.24 bits per heavy atom. The van der Waals surface area contributed by atoms with E-state index in [0.717, 1.165) is 25.8 Å². The third-order valence-electron chi connectivity index (χ3n) is 9.66. The third-order valence-corrected chi connectivity index (χ3v) is 9.66. The summed E-state index contributed by atoms with van der Waals surface area (Å²) >= 11 is 0. The zero-order chi connectivity index (χ0) is 32.7. The minimum atomic E-state index is -0.693. The number of rotatable bonds is 8. The van der Waals surface area contributed by atoms with E-state index in [1.165, 1.54) is 18.3 Å². The average molecular weight is 625 g/mol. The van der Waals surface area contributed by atoms with Crippen LogP contribution in [0.15, 0.2) is 49.2 Å². The van der Waals surface area contributed by atoms with Gasteiger partial charge in [0.25, 0.3) is 0 Å². The molecule has 2 aliphatic heterocycles. The summed E-state index contributed by atoms with van der Waals surface area (Å²) in [5.41, 5.74) is 0.252. The Kier molecular flexibility index (Phi) is 8.38. The van der Waals surface area contributed by atoms with E-state index in [4.69, 9.17) is 16.1 Å². The maximum atomic E-state index is 16.7. The molecule has 2 aromatic heterocycles. The van der Waals surface area contributed by atoms with Crippen LogP contribution in [0.4, 0.5) is 14.6 Å². The van der Waals surface area contributed by atoms with Crippen molar-refractivity contribution in [2.75, 3.05) is 45.2 Å². The number of carbonyl (C=O) groups excluding carboxylic acids is 1. The number of nitrogens with zero attached hydrogens (tertiary/aromatic N) is 6. The Morgan fingerprint density at radius 3 is 2.76 bits per heavy atom. The smallest absolute Gasteiger partial charge is 0.319 e. The van der Waals surface area contributed by atoms with Gasteiger partial charge in [-0.15, -0.1) is 6.42 Å². The number of anilines is 1. The lowest BCUT2D eigenvalue weighted by atomic mass is 9.84. The van der Waals surface area contributed by atoms with Crippen molar-refractivity contribution in [1.82, 2.24) is 24.8 Å². The van der Waals surface area contributed by atoms with Crippen LogP contribution in [-0.4, -0.2) is 83.1 Å². The summed E-state index contributed by atoms with van der Waals surface area (Å²) in [5.74, 6) is 1.47. The first-order chi connectivity index (χ1) is 22.0. The molecule has 2 atom stereocenters. The normalized spacial score (nSPS) is 19.5. The van der Waals surface area contributed by atoms with Crippen LogP contribution in [0.3, 0.4) is 0 Å². The summed E-state index contributed by atoms with van der Waals surface area (Å²) in [6.45, 7) is 10.3. The van der Waals surface area contributed by atoms with Gasteiger partial charge in [-0.25, -0.2) is 8.78 Å². The fraction of sp³-hybridized carbons (Fsp3) is 0.389. The molecule has 8 nitrogen and oxygen atoms in total. The Labute approximate surface area is 268 Å². The van der Waals surface area contributed by atoms with Gasteiger partial charge in [-0.3, -0.25) is 9.78 Å². The van der Waals surface area contributed by atoms with E-state index in [2.05, 4.69) is 48.3 Å². The largest absolute Gasteiger partial charge is 0.462 e. The number of aromatic nitrogens is 3. The highest BCUT2D eigenvalue weighted by atomic mass is 19.1. The quantitative estimate of drug-likeness (QED) is 0.181. The lowest BCUT2D eigenvalue weighted by Gasteiger charge is -2.36. The Balaban J connectivity index is 1.48. The molecule has 1 amide bonds. The van der Waals surface area contributed by atoms with Crippen molar-refractivity contribution in [2.45, 2.75) is 45.2 Å². The molecule has 4 heterocycles. The van der Waals surface area contributed by atoms with Gasteiger partial charge in [0.2, 0.25) is 5.91 Å². The fourth-order valence-corrected chi connectivity index (χ4v) is 6.84. The van der Waals surface area contributed by atoms with Crippen molar-refractivity contribution in [3.05, 3.63) is 66.4 Å². The number of amides is 1. The number of terminal acetylenes is 1. The molecule has 0 unspecified atom stereocenters. The molecule has 4 aromatic rings. The second-order valence-corrected chi connectivity index (χ2v) is 12.9. The van der Waals surface area contributed by atoms with Gasteiger partial charge in [0.05, 0.1) is 17.0 Å². The molecule has 238 valence electrons. The van der Waals surface area contributed by atoms with E-state index in [1.807, 2.05) is 16.8 Å². The van der Waals surface area contributed by atoms with E-state index in [-0.39, 0.29) is 46.2 Å². The summed E-state index contributed by atoms with van der Waals surface area (Å²) in [5, 5.41) is 1.45. The SMILES string of the molecule is C#Cc1c(F)ccc2cccc(-c3ncc4c(N(C)C[C@H]5N(C(=O)C=C)CCC5(C)C)nc(OC[C@@H]5CCCN5C)nc4c3F)c12. The molecule has 2 fully saturated rings. The maximum Gasteiger partial charge on any atom is 0.319 e. The van der Waals surface area contributed by atoms with Gasteiger partial charge >= 0.3 is 6.01 Å². The molecular weight excluding hydrogens is 586 g/mol. The highest BCUT2D eigenvalue weighted by Gasteiger charge is 2.42. The van der Waals surface area contributed by atoms with Gasteiger partial charge in [-0.1, -0.05) is 50.6 Å². The second kappa shape index (κ2) is 12.3. The summed E-state index contributed by atoms with van der Waals surface area (Å²) in [4.78, 5) is 32.6. The molecule has 0 saturated carbocycles. The minimum Gasteiger partial charge on any atom is -0.462 e. The predicted molar refractivity (Wildman–Crippen MR) is 177 cm³/mol. The van der Waals surface area contributed by atoms with Gasteiger partial charge in [0.1, 0.15) is 29.5 Å². The van der Waals surface area contributed by atoms with Gasteiger partial charge in [0, 0.05) is 43.3 Å². The minimum absolute atomic E-state index is 0.00587. The lowest BCUT2D eigenvalue weighted by Crippen LogP contribution is -2.47. The van der Waals surface area contributed by atoms with Crippen molar-refractivity contribution >= 4 is 33.4 Å². The van der Waals surface area contributed by atoms with Gasteiger partial charge in [-0.2, -0.15) is 9.97 Å². The van der Waals surface area contributed by atoms with Crippen molar-refractivity contribution < 1.29 is 18.3 Å². The molecule has 0 N–H and O–H groups in total. The molecule has 0 aliphatic carbocycles. The lowest BCUT2D eigenvalue weighted by molar-refractivity contribution is -0.127. The third kappa shape index (κ3) is 5.53. The molecule has 46 heavy (non-hydrogen) atoms. The van der Waals surface area contributed by atoms with E-state index < -0.39 is 11.6 Å². The first kappa shape index (κ1) is 31.4. The predicted octanol–water partition coefficient (Wildman–Crippen LogP) is 5.83. The van der Waals surface area contributed by atoms with Crippen LogP contribution in [0.2, 0.25) is 0 Å². The van der Waals surface area contributed by atoms with Crippen LogP contribution in [0.25, 0.3) is 32.9 Å². The van der Waals surface area contributed by atoms with Gasteiger partial charge < -0.3 is 19.4 Å². The molecule has 2 saturated heterocycles. The Morgan fingerprint density at radius 2 is 2.04 bits per heavy atom. The number of benzene rings is 2. The molecule has 2 aromatic carbocycles. The molecule has 6 rings (SSSR count). The van der Waals surface area contributed by atoms with Gasteiger partial charge in [0.15, 0.2) is 5.82 Å². The van der Waals surface area contributed by atoms with Crippen molar-refractivity contribution in [1.29, 1.82) is 0 Å². The van der Waals surface area contributed by atoms with Crippen LogP contribution in [0.5, 0.6) is 6.01 Å². The molecule has 0 spiro atoms. The van der Waals surface area contributed by atoms with Crippen LogP contribution < -0.4 is 9.64 Å². The Bertz CT molecular complexity index is 1890. The van der Waals surface area contributed by atoms with E-state index in [0.29, 0.717) is 47.2 Å². The number of ether oxygens (including phenoxy) is 1. The summed E-state index contributed by atoms with van der Waals surface area (Å²) in [6.07, 6.45) is 11.5. The fourth-order valence-electron chi connectivity index (χ4n) is 6.84. The number of hydrogen-bond donors (Lipinski definition) is 0. The number of fused-ring (bicyclic) bond motifs is 2. The van der Waals surface area contributed by atoms with Crippen LogP contribution in [0, 0.1) is 29.4 Å². The van der Waals surface area contributed by atoms with E-state index >= 15 is 4.39 Å². The zero-order valence-corrected chi connectivity index (χ0v) is 26.7. The molecule has 0 bridgehead atoms. The molecule has 0 radical (unpaired) electrons. The number of carbonyl (C=O) groups is 1. The van der Waals surface area contributed by atoms with Crippen molar-refractivity contribution in [2.24, 2.45) is 5.41 Å². The van der Waals surface area contributed by atoms with Crippen LogP contribution >= 0.6 is 0 Å². The standard InChI is InChI=1S/C36H38F2N6O2/c1-7-24-27(37)15-14-22-11-9-13-25(30(22)24)32-31(38)33-26(19-39-32)34(41-35(40-33)46-21-23-12-10-17-42(23)5)43(6)20-28-36(3,4)16-18-44(28)29(45)8-2/h1,8-9,11,13-15,19,23,28H,2,10,12,16-18,20-21H2,3-6H3/t23-,28+/m0/s1. The van der Waals surface area contributed by atoms with E-state index in [9.17, 15) is 9.18 Å². The molecule has 2 aliphatic rings. The monoisotopic (exact) mass is 624 g/mol. The first-order valence-corrected chi connectivity index (χ1v) is 15.6. The second-order valence-electron chi connectivity index (χ2n) is 12.9. The highest BCUT2D eigenvalue weighted by molar-refractivity contribution is 6.02. The average Bonchev–Trinajstić information content (AvgIpc) is 3.60. The van der Waals surface area contributed by atoms with Gasteiger partial charge in [-0.05, 0) is 55.8 Å². The Hall–Kier alpha value is -4.62. The van der Waals surface area contributed by atoms with Crippen LogP contribution in [-0.2, 0) is 4.79 Å².